The second kappa shape index (κ2) is 12.5. The summed E-state index contributed by atoms with van der Waals surface area (Å²) in [5.41, 5.74) is 11.8. The van der Waals surface area contributed by atoms with Crippen molar-refractivity contribution < 1.29 is 19.1 Å². The Kier molecular flexibility index (Phi) is 9.47. The number of hydrogen-bond acceptors (Lipinski definition) is 7. The molecule has 9 nitrogen and oxygen atoms in total. The third-order valence-corrected chi connectivity index (χ3v) is 6.98. The topological polar surface area (TPSA) is 141 Å². The average Bonchev–Trinajstić information content (AvgIpc) is 3.49. The number of nitrogens with two attached hydrogens (primary N) is 2. The predicted molar refractivity (Wildman–Crippen MR) is 138 cm³/mol. The van der Waals surface area contributed by atoms with Crippen molar-refractivity contribution in [3.05, 3.63) is 34.8 Å². The van der Waals surface area contributed by atoms with Gasteiger partial charge in [0.25, 0.3) is 11.8 Å². The second-order valence-electron chi connectivity index (χ2n) is 8.80. The van der Waals surface area contributed by atoms with E-state index in [4.69, 9.17) is 16.2 Å². The molecule has 10 heteroatoms. The molecule has 1 aliphatic rings. The molecule has 1 aliphatic carbocycles. The highest BCUT2D eigenvalue weighted by molar-refractivity contribution is 7.09. The standard InChI is InChI=1S/C25H35N5O4S/c1-3-5-15-34-18-13-11-17(12-14-18)30(25(33)22-20(26)21(23(27)31)29-35-22)19(8-4-2)24(32)28-16-9-6-7-10-16/h11-14,16,19H,3-10,15,26H2,1-2H3,(H2,27,31)(H,28,32)/t19-/m1/s1. The van der Waals surface area contributed by atoms with Crippen LogP contribution in [-0.4, -0.2) is 40.8 Å². The summed E-state index contributed by atoms with van der Waals surface area (Å²) in [5, 5.41) is 3.13. The number of nitrogens with one attached hydrogen (secondary N) is 1. The molecule has 1 fully saturated rings. The lowest BCUT2D eigenvalue weighted by Gasteiger charge is -2.31. The Morgan fingerprint density at radius 1 is 1.17 bits per heavy atom. The fourth-order valence-electron chi connectivity index (χ4n) is 4.23. The molecule has 5 N–H and O–H groups in total. The van der Waals surface area contributed by atoms with Gasteiger partial charge in [-0.15, -0.1) is 0 Å². The molecule has 0 spiro atoms. The van der Waals surface area contributed by atoms with Gasteiger partial charge in [0.05, 0.1) is 12.3 Å². The van der Waals surface area contributed by atoms with Gasteiger partial charge < -0.3 is 21.5 Å². The lowest BCUT2D eigenvalue weighted by atomic mass is 10.1. The summed E-state index contributed by atoms with van der Waals surface area (Å²) in [5.74, 6) is -0.812. The van der Waals surface area contributed by atoms with E-state index in [9.17, 15) is 14.4 Å². The third-order valence-electron chi connectivity index (χ3n) is 6.13. The lowest BCUT2D eigenvalue weighted by Crippen LogP contribution is -2.51. The first-order chi connectivity index (χ1) is 16.9. The van der Waals surface area contributed by atoms with Crippen LogP contribution in [0, 0.1) is 0 Å². The molecule has 0 radical (unpaired) electrons. The van der Waals surface area contributed by atoms with Gasteiger partial charge in [0, 0.05) is 11.7 Å². The maximum Gasteiger partial charge on any atom is 0.272 e. The zero-order valence-corrected chi connectivity index (χ0v) is 21.2. The van der Waals surface area contributed by atoms with E-state index in [2.05, 4.69) is 16.6 Å². The fourth-order valence-corrected chi connectivity index (χ4v) is 4.98. The molecular formula is C25H35N5O4S. The highest BCUT2D eigenvalue weighted by Gasteiger charge is 2.35. The number of benzene rings is 1. The van der Waals surface area contributed by atoms with Gasteiger partial charge in [-0.25, -0.2) is 0 Å². The summed E-state index contributed by atoms with van der Waals surface area (Å²) >= 11 is 0.809. The normalized spacial score (nSPS) is 14.5. The zero-order chi connectivity index (χ0) is 25.4. The number of amides is 3. The van der Waals surface area contributed by atoms with Crippen molar-refractivity contribution in [1.29, 1.82) is 0 Å². The molecule has 0 aliphatic heterocycles. The van der Waals surface area contributed by atoms with Gasteiger partial charge in [0.15, 0.2) is 5.69 Å². The summed E-state index contributed by atoms with van der Waals surface area (Å²) in [6, 6.07) is 6.46. The van der Waals surface area contributed by atoms with Crippen molar-refractivity contribution >= 4 is 40.6 Å². The van der Waals surface area contributed by atoms with Crippen molar-refractivity contribution in [1.82, 2.24) is 9.69 Å². The zero-order valence-electron chi connectivity index (χ0n) is 20.4. The first-order valence-corrected chi connectivity index (χ1v) is 13.1. The van der Waals surface area contributed by atoms with Gasteiger partial charge in [0.1, 0.15) is 16.7 Å². The number of carbonyl (C=O) groups excluding carboxylic acids is 3. The first kappa shape index (κ1) is 26.5. The van der Waals surface area contributed by atoms with Crippen molar-refractivity contribution in [3.8, 4) is 5.75 Å². The number of nitrogen functional groups attached to an aromatic ring is 1. The largest absolute Gasteiger partial charge is 0.494 e. The van der Waals surface area contributed by atoms with E-state index in [1.165, 1.54) is 4.90 Å². The summed E-state index contributed by atoms with van der Waals surface area (Å²) < 4.78 is 9.73. The number of anilines is 2. The number of ether oxygens (including phenoxy) is 1. The maximum atomic E-state index is 13.8. The molecule has 0 saturated heterocycles. The molecule has 2 aromatic rings. The minimum Gasteiger partial charge on any atom is -0.494 e. The van der Waals surface area contributed by atoms with Crippen LogP contribution in [0.2, 0.25) is 0 Å². The molecule has 1 atom stereocenters. The molecule has 1 aromatic heterocycles. The number of aromatic nitrogens is 1. The maximum absolute atomic E-state index is 13.8. The molecule has 0 bridgehead atoms. The van der Waals surface area contributed by atoms with Gasteiger partial charge in [-0.05, 0) is 61.5 Å². The molecule has 190 valence electrons. The molecular weight excluding hydrogens is 466 g/mol. The quantitative estimate of drug-likeness (QED) is 0.377. The summed E-state index contributed by atoms with van der Waals surface area (Å²) in [6.07, 6.45) is 7.16. The minimum absolute atomic E-state index is 0.0662. The first-order valence-electron chi connectivity index (χ1n) is 12.3. The van der Waals surface area contributed by atoms with Gasteiger partial charge >= 0.3 is 0 Å². The highest BCUT2D eigenvalue weighted by Crippen LogP contribution is 2.30. The van der Waals surface area contributed by atoms with E-state index in [1.54, 1.807) is 24.3 Å². The molecule has 1 aromatic carbocycles. The van der Waals surface area contributed by atoms with Crippen LogP contribution in [0.1, 0.15) is 85.4 Å². The van der Waals surface area contributed by atoms with E-state index in [0.717, 1.165) is 50.1 Å². The van der Waals surface area contributed by atoms with Crippen LogP contribution >= 0.6 is 11.5 Å². The second-order valence-corrected chi connectivity index (χ2v) is 9.58. The minimum atomic E-state index is -0.804. The number of primary amides is 1. The third kappa shape index (κ3) is 6.50. The van der Waals surface area contributed by atoms with Crippen LogP contribution in [0.5, 0.6) is 5.75 Å². The van der Waals surface area contributed by atoms with Crippen LogP contribution < -0.4 is 26.4 Å². The molecule has 1 heterocycles. The summed E-state index contributed by atoms with van der Waals surface area (Å²) in [4.78, 5) is 40.4. The Hall–Kier alpha value is -3.14. The van der Waals surface area contributed by atoms with E-state index < -0.39 is 17.9 Å². The van der Waals surface area contributed by atoms with Gasteiger partial charge in [0.2, 0.25) is 5.91 Å². The van der Waals surface area contributed by atoms with Gasteiger partial charge in [-0.1, -0.05) is 39.5 Å². The highest BCUT2D eigenvalue weighted by atomic mass is 32.1. The lowest BCUT2D eigenvalue weighted by molar-refractivity contribution is -0.123. The van der Waals surface area contributed by atoms with Crippen LogP contribution in [0.3, 0.4) is 0 Å². The van der Waals surface area contributed by atoms with E-state index in [0.29, 0.717) is 30.9 Å². The smallest absolute Gasteiger partial charge is 0.272 e. The van der Waals surface area contributed by atoms with Crippen molar-refractivity contribution in [2.45, 2.75) is 77.3 Å². The number of carbonyl (C=O) groups is 3. The molecule has 35 heavy (non-hydrogen) atoms. The fraction of sp³-hybridized carbons (Fsp3) is 0.520. The Morgan fingerprint density at radius 2 is 1.86 bits per heavy atom. The van der Waals surface area contributed by atoms with Crippen molar-refractivity contribution in [2.24, 2.45) is 5.73 Å². The average molecular weight is 502 g/mol. The number of rotatable bonds is 12. The summed E-state index contributed by atoms with van der Waals surface area (Å²) in [6.45, 7) is 4.67. The van der Waals surface area contributed by atoms with E-state index in [1.807, 2.05) is 6.92 Å². The number of nitrogens with zero attached hydrogens (tertiary/aromatic N) is 2. The molecule has 0 unspecified atom stereocenters. The van der Waals surface area contributed by atoms with Gasteiger partial charge in [-0.3, -0.25) is 19.3 Å². The Labute approximate surface area is 210 Å². The number of hydrogen-bond donors (Lipinski definition) is 3. The van der Waals surface area contributed by atoms with E-state index in [-0.39, 0.29) is 28.2 Å². The van der Waals surface area contributed by atoms with Crippen LogP contribution in [-0.2, 0) is 4.79 Å². The van der Waals surface area contributed by atoms with Crippen LogP contribution in [0.4, 0.5) is 11.4 Å². The Balaban J connectivity index is 1.97. The molecule has 1 saturated carbocycles. The predicted octanol–water partition coefficient (Wildman–Crippen LogP) is 3.88. The number of unbranched alkanes of at least 4 members (excludes halogenated alkanes) is 1. The van der Waals surface area contributed by atoms with Crippen LogP contribution in [0.15, 0.2) is 24.3 Å². The molecule has 3 amide bonds. The SMILES string of the molecule is CCCCOc1ccc(N(C(=O)c2snc(C(N)=O)c2N)[C@H](CCC)C(=O)NC2CCCC2)cc1. The molecule has 3 rings (SSSR count). The Morgan fingerprint density at radius 3 is 2.43 bits per heavy atom. The summed E-state index contributed by atoms with van der Waals surface area (Å²) in [7, 11) is 0. The van der Waals surface area contributed by atoms with Gasteiger partial charge in [-0.2, -0.15) is 4.37 Å². The van der Waals surface area contributed by atoms with Crippen LogP contribution in [0.25, 0.3) is 0 Å². The van der Waals surface area contributed by atoms with Crippen molar-refractivity contribution in [2.75, 3.05) is 17.2 Å². The van der Waals surface area contributed by atoms with E-state index >= 15 is 0 Å². The monoisotopic (exact) mass is 501 g/mol. The van der Waals surface area contributed by atoms with Crippen molar-refractivity contribution in [3.63, 3.8) is 0 Å². The Bertz CT molecular complexity index is 1020.